The summed E-state index contributed by atoms with van der Waals surface area (Å²) in [5, 5.41) is 20.1. The summed E-state index contributed by atoms with van der Waals surface area (Å²) in [5.41, 5.74) is -0.437. The van der Waals surface area contributed by atoms with Crippen LogP contribution in [0.5, 0.6) is 5.75 Å². The molecule has 2 aromatic rings. The van der Waals surface area contributed by atoms with Crippen molar-refractivity contribution in [2.45, 2.75) is 38.9 Å². The van der Waals surface area contributed by atoms with E-state index in [1.807, 2.05) is 0 Å². The summed E-state index contributed by atoms with van der Waals surface area (Å²) in [6, 6.07) is 13.5. The van der Waals surface area contributed by atoms with Gasteiger partial charge in [-0.3, -0.25) is 0 Å². The maximum Gasteiger partial charge on any atom is 0.343 e. The van der Waals surface area contributed by atoms with Crippen molar-refractivity contribution >= 4 is 5.97 Å². The lowest BCUT2D eigenvalue weighted by Gasteiger charge is -2.21. The first kappa shape index (κ1) is 17.2. The zero-order chi connectivity index (χ0) is 17.3. The highest BCUT2D eigenvalue weighted by molar-refractivity contribution is 5.91. The molecule has 0 aliphatic carbocycles. The van der Waals surface area contributed by atoms with Gasteiger partial charge in [0.1, 0.15) is 5.75 Å². The van der Waals surface area contributed by atoms with Crippen molar-refractivity contribution in [1.82, 2.24) is 0 Å². The van der Waals surface area contributed by atoms with E-state index in [-0.39, 0.29) is 0 Å². The fourth-order valence-electron chi connectivity index (χ4n) is 2.23. The Bertz CT molecular complexity index is 689. The third-order valence-electron chi connectivity index (χ3n) is 3.58. The fraction of sp³-hybridized carbons (Fsp3) is 0.316. The minimum atomic E-state index is -1.11. The number of rotatable bonds is 4. The predicted octanol–water partition coefficient (Wildman–Crippen LogP) is 3.36. The van der Waals surface area contributed by atoms with E-state index in [2.05, 4.69) is 0 Å². The maximum atomic E-state index is 12.3. The van der Waals surface area contributed by atoms with Crippen LogP contribution in [0.2, 0.25) is 0 Å². The number of aliphatic hydroxyl groups is 2. The Morgan fingerprint density at radius 3 is 1.96 bits per heavy atom. The summed E-state index contributed by atoms with van der Waals surface area (Å²) in [5.74, 6) is -0.180. The van der Waals surface area contributed by atoms with Crippen molar-refractivity contribution in [3.05, 3.63) is 65.2 Å². The van der Waals surface area contributed by atoms with E-state index >= 15 is 0 Å². The standard InChI is InChI=1S/C19H22O4/c1-18(2,21)14-11-9-13(10-12-14)17(20)23-16-8-6-5-7-15(16)19(3,4)22/h5-12,21-22H,1-4H3. The SMILES string of the molecule is CC(C)(O)c1ccc(C(=O)Oc2ccccc2C(C)(C)O)cc1. The summed E-state index contributed by atoms with van der Waals surface area (Å²) in [6.45, 7) is 6.63. The molecular weight excluding hydrogens is 292 g/mol. The minimum absolute atomic E-state index is 0.330. The van der Waals surface area contributed by atoms with Crippen LogP contribution in [0, 0.1) is 0 Å². The van der Waals surface area contributed by atoms with Crippen LogP contribution in [0.15, 0.2) is 48.5 Å². The van der Waals surface area contributed by atoms with Gasteiger partial charge in [0.2, 0.25) is 0 Å². The van der Waals surface area contributed by atoms with E-state index in [1.165, 1.54) is 0 Å². The molecule has 0 radical (unpaired) electrons. The van der Waals surface area contributed by atoms with Gasteiger partial charge >= 0.3 is 5.97 Å². The largest absolute Gasteiger partial charge is 0.423 e. The van der Waals surface area contributed by atoms with E-state index in [0.29, 0.717) is 22.4 Å². The molecule has 0 saturated heterocycles. The highest BCUT2D eigenvalue weighted by atomic mass is 16.5. The van der Waals surface area contributed by atoms with Crippen LogP contribution in [0.25, 0.3) is 0 Å². The topological polar surface area (TPSA) is 66.8 Å². The molecule has 4 heteroatoms. The molecule has 23 heavy (non-hydrogen) atoms. The molecule has 122 valence electrons. The van der Waals surface area contributed by atoms with Crippen molar-refractivity contribution in [1.29, 1.82) is 0 Å². The molecule has 0 aliphatic rings. The smallest absolute Gasteiger partial charge is 0.343 e. The molecule has 0 unspecified atom stereocenters. The third kappa shape index (κ3) is 4.18. The number of carbonyl (C=O) groups is 1. The van der Waals surface area contributed by atoms with Gasteiger partial charge in [-0.1, -0.05) is 30.3 Å². The predicted molar refractivity (Wildman–Crippen MR) is 88.3 cm³/mol. The van der Waals surface area contributed by atoms with E-state index < -0.39 is 17.2 Å². The average molecular weight is 314 g/mol. The molecule has 0 heterocycles. The Balaban J connectivity index is 2.24. The van der Waals surface area contributed by atoms with Gasteiger partial charge in [0.25, 0.3) is 0 Å². The number of para-hydroxylation sites is 1. The molecule has 0 fully saturated rings. The van der Waals surface area contributed by atoms with Crippen LogP contribution < -0.4 is 4.74 Å². The van der Waals surface area contributed by atoms with Gasteiger partial charge in [0.15, 0.2) is 0 Å². The maximum absolute atomic E-state index is 12.3. The van der Waals surface area contributed by atoms with Crippen LogP contribution in [0.1, 0.15) is 49.2 Å². The van der Waals surface area contributed by atoms with Crippen molar-refractivity contribution in [3.8, 4) is 5.75 Å². The zero-order valence-electron chi connectivity index (χ0n) is 13.8. The number of benzene rings is 2. The van der Waals surface area contributed by atoms with Gasteiger partial charge in [-0.25, -0.2) is 4.79 Å². The molecule has 0 aliphatic heterocycles. The van der Waals surface area contributed by atoms with Gasteiger partial charge in [0, 0.05) is 5.56 Å². The first-order valence-corrected chi connectivity index (χ1v) is 7.46. The van der Waals surface area contributed by atoms with E-state index in [1.54, 1.807) is 76.2 Å². The molecule has 0 amide bonds. The van der Waals surface area contributed by atoms with E-state index in [4.69, 9.17) is 4.74 Å². The van der Waals surface area contributed by atoms with Crippen molar-refractivity contribution in [2.75, 3.05) is 0 Å². The Morgan fingerprint density at radius 1 is 0.870 bits per heavy atom. The summed E-state index contributed by atoms with van der Waals surface area (Å²) >= 11 is 0. The first-order chi connectivity index (χ1) is 10.6. The van der Waals surface area contributed by atoms with Crippen LogP contribution in [-0.4, -0.2) is 16.2 Å². The van der Waals surface area contributed by atoms with Gasteiger partial charge in [0.05, 0.1) is 16.8 Å². The number of hydrogen-bond acceptors (Lipinski definition) is 4. The summed E-state index contributed by atoms with van der Waals surface area (Å²) in [7, 11) is 0. The van der Waals surface area contributed by atoms with Gasteiger partial charge < -0.3 is 14.9 Å². The molecule has 0 atom stereocenters. The van der Waals surface area contributed by atoms with Crippen molar-refractivity contribution < 1.29 is 19.7 Å². The second kappa shape index (κ2) is 6.14. The molecule has 4 nitrogen and oxygen atoms in total. The van der Waals surface area contributed by atoms with Crippen LogP contribution in [0.3, 0.4) is 0 Å². The van der Waals surface area contributed by atoms with Crippen molar-refractivity contribution in [2.24, 2.45) is 0 Å². The first-order valence-electron chi connectivity index (χ1n) is 7.46. The lowest BCUT2D eigenvalue weighted by atomic mass is 9.97. The summed E-state index contributed by atoms with van der Waals surface area (Å²) < 4.78 is 5.42. The zero-order valence-corrected chi connectivity index (χ0v) is 13.8. The molecule has 2 aromatic carbocycles. The van der Waals surface area contributed by atoms with Gasteiger partial charge in [-0.15, -0.1) is 0 Å². The second-order valence-electron chi connectivity index (χ2n) is 6.58. The molecule has 0 bridgehead atoms. The van der Waals surface area contributed by atoms with Crippen LogP contribution >= 0.6 is 0 Å². The monoisotopic (exact) mass is 314 g/mol. The van der Waals surface area contributed by atoms with Crippen molar-refractivity contribution in [3.63, 3.8) is 0 Å². The Morgan fingerprint density at radius 2 is 1.43 bits per heavy atom. The van der Waals surface area contributed by atoms with Crippen LogP contribution in [0.4, 0.5) is 0 Å². The lowest BCUT2D eigenvalue weighted by molar-refractivity contribution is 0.0654. The Hall–Kier alpha value is -2.17. The third-order valence-corrected chi connectivity index (χ3v) is 3.58. The molecule has 0 saturated carbocycles. The average Bonchev–Trinajstić information content (AvgIpc) is 2.46. The molecule has 2 rings (SSSR count). The van der Waals surface area contributed by atoms with E-state index in [0.717, 1.165) is 0 Å². The summed E-state index contributed by atoms with van der Waals surface area (Å²) in [6.07, 6.45) is 0. The summed E-state index contributed by atoms with van der Waals surface area (Å²) in [4.78, 5) is 12.3. The minimum Gasteiger partial charge on any atom is -0.423 e. The number of esters is 1. The van der Waals surface area contributed by atoms with Gasteiger partial charge in [-0.05, 0) is 51.5 Å². The highest BCUT2D eigenvalue weighted by Crippen LogP contribution is 2.30. The fourth-order valence-corrected chi connectivity index (χ4v) is 2.23. The quantitative estimate of drug-likeness (QED) is 0.671. The Kier molecular flexibility index (Phi) is 4.59. The Labute approximate surface area is 136 Å². The number of carbonyl (C=O) groups excluding carboxylic acids is 1. The molecular formula is C19H22O4. The number of ether oxygens (including phenoxy) is 1. The lowest BCUT2D eigenvalue weighted by Crippen LogP contribution is -2.19. The van der Waals surface area contributed by atoms with E-state index in [9.17, 15) is 15.0 Å². The second-order valence-corrected chi connectivity index (χ2v) is 6.58. The molecule has 0 aromatic heterocycles. The number of hydrogen-bond donors (Lipinski definition) is 2. The highest BCUT2D eigenvalue weighted by Gasteiger charge is 2.22. The van der Waals surface area contributed by atoms with Crippen LogP contribution in [-0.2, 0) is 11.2 Å². The van der Waals surface area contributed by atoms with Gasteiger partial charge in [-0.2, -0.15) is 0 Å². The normalized spacial score (nSPS) is 12.1. The molecule has 0 spiro atoms. The molecule has 2 N–H and O–H groups in total.